The molecule has 0 aromatic heterocycles. The van der Waals surface area contributed by atoms with Gasteiger partial charge in [-0.2, -0.15) is 0 Å². The highest BCUT2D eigenvalue weighted by atomic mass is 16.4. The second-order valence-electron chi connectivity index (χ2n) is 2.15. The van der Waals surface area contributed by atoms with Crippen LogP contribution in [0.5, 0.6) is 0 Å². The molecule has 2 N–H and O–H groups in total. The second-order valence-corrected chi connectivity index (χ2v) is 2.15. The van der Waals surface area contributed by atoms with Crippen LogP contribution in [0.1, 0.15) is 0 Å². The largest absolute Gasteiger partial charge is 0.488 e. The highest BCUT2D eigenvalue weighted by molar-refractivity contribution is 6.58. The fourth-order valence-corrected chi connectivity index (χ4v) is 0.765. The smallest absolute Gasteiger partial charge is 0.423 e. The molecule has 0 aliphatic rings. The molecular weight excluding hydrogens is 157 g/mol. The van der Waals surface area contributed by atoms with Crippen LogP contribution in [0.15, 0.2) is 29.4 Å². The zero-order valence-electron chi connectivity index (χ0n) is 6.12. The molecule has 1 aromatic rings. The Bertz CT molecular complexity index is 305. The Morgan fingerprint density at radius 2 is 1.83 bits per heavy atom. The van der Waals surface area contributed by atoms with Crippen LogP contribution < -0.4 is 5.46 Å². The van der Waals surface area contributed by atoms with Crippen LogP contribution in [-0.2, 0) is 0 Å². The Hall–Kier alpha value is -1.49. The third-order valence-electron chi connectivity index (χ3n) is 1.35. The van der Waals surface area contributed by atoms with Crippen LogP contribution in [0, 0.1) is 0 Å². The van der Waals surface area contributed by atoms with Crippen molar-refractivity contribution in [3.63, 3.8) is 0 Å². The van der Waals surface area contributed by atoms with Gasteiger partial charge in [0.2, 0.25) is 0 Å². The first-order chi connectivity index (χ1) is 5.74. The standard InChI is InChI=1S/C6H6BN3O2/c8-10-9-6-3-1-5(2-4-6)7(11)12/h1-4,11-12H. The van der Waals surface area contributed by atoms with Gasteiger partial charge >= 0.3 is 7.12 Å². The summed E-state index contributed by atoms with van der Waals surface area (Å²) in [4.78, 5) is 2.58. The van der Waals surface area contributed by atoms with Gasteiger partial charge in [-0.1, -0.05) is 29.4 Å². The van der Waals surface area contributed by atoms with Crippen molar-refractivity contribution in [2.75, 3.05) is 0 Å². The van der Waals surface area contributed by atoms with E-state index in [2.05, 4.69) is 10.0 Å². The van der Waals surface area contributed by atoms with Gasteiger partial charge in [-0.3, -0.25) is 0 Å². The predicted molar refractivity (Wildman–Crippen MR) is 45.1 cm³/mol. The van der Waals surface area contributed by atoms with Gasteiger partial charge in [0.05, 0.1) is 0 Å². The number of nitrogens with zero attached hydrogens (tertiary/aromatic N) is 3. The molecular formula is C6H6BN3O2. The summed E-state index contributed by atoms with van der Waals surface area (Å²) in [5.41, 5.74) is 8.87. The summed E-state index contributed by atoms with van der Waals surface area (Å²) >= 11 is 0. The predicted octanol–water partition coefficient (Wildman–Crippen LogP) is 0.308. The lowest BCUT2D eigenvalue weighted by atomic mass is 9.80. The minimum Gasteiger partial charge on any atom is -0.423 e. The summed E-state index contributed by atoms with van der Waals surface area (Å²) in [5.74, 6) is 0. The van der Waals surface area contributed by atoms with E-state index < -0.39 is 7.12 Å². The first kappa shape index (κ1) is 8.61. The van der Waals surface area contributed by atoms with E-state index in [1.54, 1.807) is 0 Å². The molecule has 0 spiro atoms. The van der Waals surface area contributed by atoms with E-state index in [1.807, 2.05) is 0 Å². The second kappa shape index (κ2) is 3.78. The number of benzene rings is 1. The molecule has 0 bridgehead atoms. The van der Waals surface area contributed by atoms with Crippen molar-refractivity contribution in [1.29, 1.82) is 0 Å². The third-order valence-corrected chi connectivity index (χ3v) is 1.35. The maximum atomic E-state index is 8.70. The molecule has 0 saturated carbocycles. The molecule has 60 valence electrons. The molecule has 1 rings (SSSR count). The minimum atomic E-state index is -1.48. The van der Waals surface area contributed by atoms with E-state index in [1.165, 1.54) is 24.3 Å². The number of hydrogen-bond acceptors (Lipinski definition) is 3. The van der Waals surface area contributed by atoms with Crippen molar-refractivity contribution in [2.24, 2.45) is 5.11 Å². The fraction of sp³-hybridized carbons (Fsp3) is 0. The maximum Gasteiger partial charge on any atom is 0.488 e. The quantitative estimate of drug-likeness (QED) is 0.284. The van der Waals surface area contributed by atoms with Gasteiger partial charge < -0.3 is 10.0 Å². The third kappa shape index (κ3) is 2.00. The zero-order valence-corrected chi connectivity index (χ0v) is 6.12. The topological polar surface area (TPSA) is 89.2 Å². The Balaban J connectivity index is 2.92. The van der Waals surface area contributed by atoms with Gasteiger partial charge in [-0.05, 0) is 11.0 Å². The van der Waals surface area contributed by atoms with Gasteiger partial charge in [-0.25, -0.2) is 0 Å². The van der Waals surface area contributed by atoms with Crippen molar-refractivity contribution in [3.05, 3.63) is 34.7 Å². The highest BCUT2D eigenvalue weighted by Crippen LogP contribution is 2.08. The van der Waals surface area contributed by atoms with Crippen molar-refractivity contribution < 1.29 is 10.0 Å². The molecule has 12 heavy (non-hydrogen) atoms. The van der Waals surface area contributed by atoms with Crippen molar-refractivity contribution in [1.82, 2.24) is 0 Å². The van der Waals surface area contributed by atoms with Crippen LogP contribution in [-0.4, -0.2) is 17.2 Å². The summed E-state index contributed by atoms with van der Waals surface area (Å²) < 4.78 is 0. The van der Waals surface area contributed by atoms with Crippen molar-refractivity contribution in [2.45, 2.75) is 0 Å². The molecule has 0 unspecified atom stereocenters. The molecule has 0 aliphatic carbocycles. The summed E-state index contributed by atoms with van der Waals surface area (Å²) in [6.45, 7) is 0. The summed E-state index contributed by atoms with van der Waals surface area (Å²) in [6, 6.07) is 5.98. The number of rotatable bonds is 2. The normalized spacial score (nSPS) is 8.83. The first-order valence-corrected chi connectivity index (χ1v) is 3.25. The molecule has 0 heterocycles. The molecule has 5 nitrogen and oxygen atoms in total. The fourth-order valence-electron chi connectivity index (χ4n) is 0.765. The first-order valence-electron chi connectivity index (χ1n) is 3.25. The van der Waals surface area contributed by atoms with Crippen LogP contribution >= 0.6 is 0 Å². The van der Waals surface area contributed by atoms with Gasteiger partial charge in [-0.15, -0.1) is 0 Å². The average molecular weight is 163 g/mol. The highest BCUT2D eigenvalue weighted by Gasteiger charge is 2.08. The minimum absolute atomic E-state index is 0.367. The summed E-state index contributed by atoms with van der Waals surface area (Å²) in [5, 5.41) is 20.7. The number of hydrogen-bond donors (Lipinski definition) is 2. The molecule has 6 heteroatoms. The van der Waals surface area contributed by atoms with Crippen molar-refractivity contribution >= 4 is 18.3 Å². The zero-order chi connectivity index (χ0) is 8.97. The Morgan fingerprint density at radius 1 is 1.25 bits per heavy atom. The molecule has 0 amide bonds. The Labute approximate surface area is 69.0 Å². The lowest BCUT2D eigenvalue weighted by molar-refractivity contribution is 0.426. The lowest BCUT2D eigenvalue weighted by Gasteiger charge is -1.97. The van der Waals surface area contributed by atoms with E-state index in [4.69, 9.17) is 15.6 Å². The van der Waals surface area contributed by atoms with E-state index in [9.17, 15) is 0 Å². The van der Waals surface area contributed by atoms with Gasteiger partial charge in [0.15, 0.2) is 0 Å². The van der Waals surface area contributed by atoms with Crippen LogP contribution in [0.4, 0.5) is 5.69 Å². The van der Waals surface area contributed by atoms with E-state index >= 15 is 0 Å². The van der Waals surface area contributed by atoms with E-state index in [0.717, 1.165) is 0 Å². The Kier molecular flexibility index (Phi) is 2.71. The van der Waals surface area contributed by atoms with E-state index in [0.29, 0.717) is 11.2 Å². The van der Waals surface area contributed by atoms with Crippen LogP contribution in [0.3, 0.4) is 0 Å². The molecule has 0 fully saturated rings. The SMILES string of the molecule is [N-]=[N+]=Nc1ccc(B(O)O)cc1. The van der Waals surface area contributed by atoms with Gasteiger partial charge in [0.25, 0.3) is 0 Å². The molecule has 1 aromatic carbocycles. The summed E-state index contributed by atoms with van der Waals surface area (Å²) in [7, 11) is -1.48. The van der Waals surface area contributed by atoms with Gasteiger partial charge in [0.1, 0.15) is 0 Å². The Morgan fingerprint density at radius 3 is 2.25 bits per heavy atom. The summed E-state index contributed by atoms with van der Waals surface area (Å²) in [6.07, 6.45) is 0. The molecule has 0 aliphatic heterocycles. The van der Waals surface area contributed by atoms with Crippen LogP contribution in [0.25, 0.3) is 10.4 Å². The van der Waals surface area contributed by atoms with Gasteiger partial charge in [0, 0.05) is 10.6 Å². The average Bonchev–Trinajstić information content (AvgIpc) is 2.06. The van der Waals surface area contributed by atoms with E-state index in [-0.39, 0.29) is 0 Å². The monoisotopic (exact) mass is 163 g/mol. The van der Waals surface area contributed by atoms with Crippen molar-refractivity contribution in [3.8, 4) is 0 Å². The number of azide groups is 1. The molecule has 0 radical (unpaired) electrons. The van der Waals surface area contributed by atoms with Crippen LogP contribution in [0.2, 0.25) is 0 Å². The lowest BCUT2D eigenvalue weighted by Crippen LogP contribution is -2.29. The maximum absolute atomic E-state index is 8.70. The molecule has 0 saturated heterocycles. The molecule has 0 atom stereocenters.